The van der Waals surface area contributed by atoms with Crippen molar-refractivity contribution in [3.05, 3.63) is 35.2 Å². The smallest absolute Gasteiger partial charge is 0.228 e. The van der Waals surface area contributed by atoms with E-state index in [2.05, 4.69) is 37.6 Å². The van der Waals surface area contributed by atoms with Crippen molar-refractivity contribution in [3.8, 4) is 11.4 Å². The highest BCUT2D eigenvalue weighted by Gasteiger charge is 2.14. The molecule has 0 bridgehead atoms. The number of hydrogen-bond donors (Lipinski definition) is 2. The number of aromatic nitrogens is 2. The van der Waals surface area contributed by atoms with Gasteiger partial charge in [-0.25, -0.2) is 0 Å². The Morgan fingerprint density at radius 1 is 1.28 bits per heavy atom. The number of aliphatic imine (C=N–C) groups is 1. The van der Waals surface area contributed by atoms with Crippen LogP contribution in [0.2, 0.25) is 5.02 Å². The predicted molar refractivity (Wildman–Crippen MR) is 117 cm³/mol. The molecule has 1 aliphatic heterocycles. The van der Waals surface area contributed by atoms with Crippen LogP contribution in [0, 0.1) is 5.92 Å². The topological polar surface area (TPSA) is 78.6 Å². The molecule has 1 saturated heterocycles. The summed E-state index contributed by atoms with van der Waals surface area (Å²) < 4.78 is 5.34. The molecule has 1 aliphatic rings. The first-order valence-electron chi connectivity index (χ1n) is 10.4. The fraction of sp³-hybridized carbons (Fsp3) is 0.571. The van der Waals surface area contributed by atoms with Gasteiger partial charge in [-0.15, -0.1) is 0 Å². The third-order valence-corrected chi connectivity index (χ3v) is 5.46. The predicted octanol–water partition coefficient (Wildman–Crippen LogP) is 3.22. The van der Waals surface area contributed by atoms with Crippen molar-refractivity contribution in [2.45, 2.75) is 32.6 Å². The Balaban J connectivity index is 1.34. The Morgan fingerprint density at radius 2 is 2.07 bits per heavy atom. The molecule has 2 heterocycles. The summed E-state index contributed by atoms with van der Waals surface area (Å²) in [4.78, 5) is 11.3. The van der Waals surface area contributed by atoms with Gasteiger partial charge in [0, 0.05) is 37.1 Å². The van der Waals surface area contributed by atoms with Crippen LogP contribution in [-0.2, 0) is 6.42 Å². The van der Waals surface area contributed by atoms with Gasteiger partial charge in [-0.2, -0.15) is 4.98 Å². The van der Waals surface area contributed by atoms with Gasteiger partial charge < -0.3 is 20.1 Å². The van der Waals surface area contributed by atoms with Crippen LogP contribution in [0.25, 0.3) is 11.4 Å². The van der Waals surface area contributed by atoms with Crippen molar-refractivity contribution < 1.29 is 4.52 Å². The highest BCUT2D eigenvalue weighted by atomic mass is 35.5. The number of nitrogens with zero attached hydrogens (tertiary/aromatic N) is 4. The van der Waals surface area contributed by atoms with E-state index in [0.717, 1.165) is 37.0 Å². The summed E-state index contributed by atoms with van der Waals surface area (Å²) in [6.45, 7) is 7.53. The van der Waals surface area contributed by atoms with Gasteiger partial charge in [-0.05, 0) is 56.9 Å². The van der Waals surface area contributed by atoms with Gasteiger partial charge >= 0.3 is 0 Å². The molecule has 1 aromatic heterocycles. The summed E-state index contributed by atoms with van der Waals surface area (Å²) in [5, 5.41) is 11.4. The molecule has 0 amide bonds. The molecule has 1 aromatic carbocycles. The van der Waals surface area contributed by atoms with Crippen LogP contribution >= 0.6 is 11.6 Å². The second-order valence-corrected chi connectivity index (χ2v) is 8.01. The summed E-state index contributed by atoms with van der Waals surface area (Å²) in [6.07, 6.45) is 4.39. The molecule has 0 unspecified atom stereocenters. The van der Waals surface area contributed by atoms with E-state index in [-0.39, 0.29) is 0 Å². The minimum Gasteiger partial charge on any atom is -0.356 e. The van der Waals surface area contributed by atoms with Crippen molar-refractivity contribution >= 4 is 17.6 Å². The summed E-state index contributed by atoms with van der Waals surface area (Å²) in [6, 6.07) is 7.43. The second-order valence-electron chi connectivity index (χ2n) is 7.58. The van der Waals surface area contributed by atoms with Crippen molar-refractivity contribution in [3.63, 3.8) is 0 Å². The molecule has 7 nitrogen and oxygen atoms in total. The fourth-order valence-electron chi connectivity index (χ4n) is 3.40. The molecule has 0 atom stereocenters. The lowest BCUT2D eigenvalue weighted by atomic mass is 9.99. The number of nitrogens with one attached hydrogen (secondary N) is 2. The standard InChI is InChI=1S/C21H31ClN6O/c1-16-8-13-28(14-9-16)12-4-10-24-21(23-2)25-11-7-19-26-20(27-29-19)17-5-3-6-18(22)15-17/h3,5-6,15-16H,4,7-14H2,1-2H3,(H2,23,24,25). The maximum Gasteiger partial charge on any atom is 0.228 e. The number of halogens is 1. The van der Waals surface area contributed by atoms with Crippen LogP contribution in [0.15, 0.2) is 33.8 Å². The maximum absolute atomic E-state index is 6.02. The van der Waals surface area contributed by atoms with Crippen molar-refractivity contribution in [2.24, 2.45) is 10.9 Å². The number of piperidine rings is 1. The van der Waals surface area contributed by atoms with Crippen LogP contribution in [0.4, 0.5) is 0 Å². The zero-order valence-corrected chi connectivity index (χ0v) is 18.1. The molecule has 0 radical (unpaired) electrons. The molecule has 2 aromatic rings. The van der Waals surface area contributed by atoms with E-state index in [1.165, 1.54) is 25.9 Å². The lowest BCUT2D eigenvalue weighted by molar-refractivity contribution is 0.191. The quantitative estimate of drug-likeness (QED) is 0.389. The molecule has 0 saturated carbocycles. The van der Waals surface area contributed by atoms with Crippen LogP contribution in [0.3, 0.4) is 0 Å². The Bertz CT molecular complexity index is 785. The molecule has 0 spiro atoms. The van der Waals surface area contributed by atoms with Gasteiger partial charge in [0.2, 0.25) is 11.7 Å². The summed E-state index contributed by atoms with van der Waals surface area (Å²) in [5.41, 5.74) is 0.848. The number of rotatable bonds is 8. The van der Waals surface area contributed by atoms with Crippen LogP contribution in [-0.4, -0.2) is 60.8 Å². The lowest BCUT2D eigenvalue weighted by Gasteiger charge is -2.30. The minimum absolute atomic E-state index is 0.553. The first-order chi connectivity index (χ1) is 14.1. The molecule has 8 heteroatoms. The largest absolute Gasteiger partial charge is 0.356 e. The van der Waals surface area contributed by atoms with Crippen molar-refractivity contribution in [1.29, 1.82) is 0 Å². The van der Waals surface area contributed by atoms with Crippen LogP contribution in [0.5, 0.6) is 0 Å². The normalized spacial score (nSPS) is 16.2. The Kier molecular flexibility index (Phi) is 8.31. The van der Waals surface area contributed by atoms with Gasteiger partial charge in [0.15, 0.2) is 5.96 Å². The third-order valence-electron chi connectivity index (χ3n) is 5.23. The van der Waals surface area contributed by atoms with Crippen molar-refractivity contribution in [1.82, 2.24) is 25.7 Å². The molecule has 2 N–H and O–H groups in total. The average Bonchev–Trinajstić information content (AvgIpc) is 3.20. The molecule has 29 heavy (non-hydrogen) atoms. The van der Waals surface area contributed by atoms with E-state index in [0.29, 0.717) is 29.7 Å². The van der Waals surface area contributed by atoms with Crippen LogP contribution < -0.4 is 10.6 Å². The first kappa shape index (κ1) is 21.6. The van der Waals surface area contributed by atoms with Gasteiger partial charge in [0.1, 0.15) is 0 Å². The summed E-state index contributed by atoms with van der Waals surface area (Å²) in [5.74, 6) is 2.82. The van der Waals surface area contributed by atoms with Crippen LogP contribution in [0.1, 0.15) is 32.1 Å². The Hall–Kier alpha value is -2.12. The monoisotopic (exact) mass is 418 g/mol. The number of likely N-dealkylation sites (tertiary alicyclic amines) is 1. The summed E-state index contributed by atoms with van der Waals surface area (Å²) in [7, 11) is 1.78. The number of hydrogen-bond acceptors (Lipinski definition) is 5. The summed E-state index contributed by atoms with van der Waals surface area (Å²) >= 11 is 6.02. The SMILES string of the molecule is CN=C(NCCCN1CCC(C)CC1)NCCc1nc(-c2cccc(Cl)c2)no1. The van der Waals surface area contributed by atoms with E-state index in [4.69, 9.17) is 16.1 Å². The molecule has 158 valence electrons. The highest BCUT2D eigenvalue weighted by molar-refractivity contribution is 6.30. The van der Waals surface area contributed by atoms with Gasteiger partial charge in [0.05, 0.1) is 0 Å². The number of benzene rings is 1. The Labute approximate surface area is 177 Å². The molecular formula is C21H31ClN6O. The number of guanidine groups is 1. The van der Waals surface area contributed by atoms with Gasteiger partial charge in [-0.3, -0.25) is 4.99 Å². The fourth-order valence-corrected chi connectivity index (χ4v) is 3.60. The zero-order chi connectivity index (χ0) is 20.5. The molecule has 3 rings (SSSR count). The molecular weight excluding hydrogens is 388 g/mol. The maximum atomic E-state index is 6.02. The zero-order valence-electron chi connectivity index (χ0n) is 17.3. The average molecular weight is 419 g/mol. The molecule has 0 aliphatic carbocycles. The highest BCUT2D eigenvalue weighted by Crippen LogP contribution is 2.20. The van der Waals surface area contributed by atoms with E-state index in [1.807, 2.05) is 24.3 Å². The van der Waals surface area contributed by atoms with Gasteiger partial charge in [0.25, 0.3) is 0 Å². The van der Waals surface area contributed by atoms with E-state index >= 15 is 0 Å². The van der Waals surface area contributed by atoms with Crippen molar-refractivity contribution in [2.75, 3.05) is 39.8 Å². The molecule has 1 fully saturated rings. The van der Waals surface area contributed by atoms with E-state index in [1.54, 1.807) is 7.05 Å². The third kappa shape index (κ3) is 7.01. The Morgan fingerprint density at radius 3 is 2.83 bits per heavy atom. The second kappa shape index (κ2) is 11.2. The van der Waals surface area contributed by atoms with E-state index < -0.39 is 0 Å². The lowest BCUT2D eigenvalue weighted by Crippen LogP contribution is -2.40. The van der Waals surface area contributed by atoms with Gasteiger partial charge in [-0.1, -0.05) is 35.8 Å². The van der Waals surface area contributed by atoms with E-state index in [9.17, 15) is 0 Å². The minimum atomic E-state index is 0.553. The first-order valence-corrected chi connectivity index (χ1v) is 10.8.